The van der Waals surface area contributed by atoms with Gasteiger partial charge in [-0.05, 0) is 126 Å². The number of imidazole rings is 1. The van der Waals surface area contributed by atoms with E-state index in [-0.39, 0.29) is 38.7 Å². The van der Waals surface area contributed by atoms with Gasteiger partial charge in [0.2, 0.25) is 0 Å². The van der Waals surface area contributed by atoms with E-state index in [2.05, 4.69) is 301 Å². The molecule has 404 valence electrons. The fourth-order valence-corrected chi connectivity index (χ4v) is 11.5. The number of hydrogen-bond acceptors (Lipinski definition) is 3. The number of fused-ring (bicyclic) bond motifs is 3. The van der Waals surface area contributed by atoms with Crippen molar-refractivity contribution >= 4 is 33.5 Å². The third kappa shape index (κ3) is 9.95. The van der Waals surface area contributed by atoms with Gasteiger partial charge in [0.1, 0.15) is 11.3 Å². The summed E-state index contributed by atoms with van der Waals surface area (Å²) in [7, 11) is 0. The molecule has 2 aromatic heterocycles. The molecule has 0 aliphatic carbocycles. The number of nitrogens with zero attached hydrogens (tertiary/aromatic N) is 4. The highest BCUT2D eigenvalue weighted by molar-refractivity contribution is 6.13. The van der Waals surface area contributed by atoms with Crippen molar-refractivity contribution in [3.63, 3.8) is 0 Å². The van der Waals surface area contributed by atoms with E-state index in [1.54, 1.807) is 0 Å². The molecule has 8 aromatic carbocycles. The molecule has 1 aliphatic rings. The Morgan fingerprint density at radius 3 is 1.52 bits per heavy atom. The molecular formula is C75H78N4O. The highest BCUT2D eigenvalue weighted by atomic mass is 16.3. The van der Waals surface area contributed by atoms with Crippen LogP contribution in [0.5, 0.6) is 5.75 Å². The zero-order valence-electron chi connectivity index (χ0n) is 49.7. The molecule has 0 amide bonds. The van der Waals surface area contributed by atoms with Gasteiger partial charge in [0.25, 0.3) is 0 Å². The zero-order chi connectivity index (χ0) is 56.8. The quantitative estimate of drug-likeness (QED) is 0.165. The summed E-state index contributed by atoms with van der Waals surface area (Å²) < 4.78 is 4.71. The number of phenols is 1. The highest BCUT2D eigenvalue weighted by Crippen LogP contribution is 2.48. The second-order valence-corrected chi connectivity index (χ2v) is 27.4. The van der Waals surface area contributed by atoms with Crippen molar-refractivity contribution in [3.05, 3.63) is 233 Å². The maximum Gasteiger partial charge on any atom is 0.165 e. The predicted molar refractivity (Wildman–Crippen MR) is 340 cm³/mol. The molecule has 1 N–H and O–H groups in total. The number of benzene rings is 8. The van der Waals surface area contributed by atoms with E-state index in [1.165, 1.54) is 33.4 Å². The van der Waals surface area contributed by atoms with Crippen molar-refractivity contribution in [2.45, 2.75) is 137 Å². The van der Waals surface area contributed by atoms with Crippen LogP contribution in [0.3, 0.4) is 0 Å². The first-order chi connectivity index (χ1) is 37.8. The average Bonchev–Trinajstić information content (AvgIpc) is 4.21. The lowest BCUT2D eigenvalue weighted by molar-refractivity contribution is 0.446. The van der Waals surface area contributed by atoms with Crippen LogP contribution in [0.2, 0.25) is 0 Å². The molecule has 0 saturated heterocycles. The van der Waals surface area contributed by atoms with E-state index in [1.807, 2.05) is 0 Å². The number of phenolic OH excluding ortho intramolecular Hbond substituents is 1. The lowest BCUT2D eigenvalue weighted by atomic mass is 9.79. The fraction of sp³-hybridized carbons (Fsp3) is 0.280. The minimum absolute atomic E-state index is 0.0309. The number of aromatic hydroxyl groups is 1. The number of rotatable bonds is 8. The van der Waals surface area contributed by atoms with Crippen molar-refractivity contribution in [1.82, 2.24) is 14.1 Å². The van der Waals surface area contributed by atoms with Gasteiger partial charge in [-0.2, -0.15) is 0 Å². The van der Waals surface area contributed by atoms with E-state index in [4.69, 9.17) is 9.98 Å². The number of aromatic nitrogens is 3. The van der Waals surface area contributed by atoms with Crippen LogP contribution >= 0.6 is 0 Å². The fourth-order valence-electron chi connectivity index (χ4n) is 11.5. The molecule has 1 atom stereocenters. The Balaban J connectivity index is 1.22. The summed E-state index contributed by atoms with van der Waals surface area (Å²) >= 11 is 0. The first-order valence-corrected chi connectivity index (χ1v) is 28.6. The number of allylic oxidation sites excluding steroid dienone is 1. The molecule has 0 fully saturated rings. The van der Waals surface area contributed by atoms with Crippen molar-refractivity contribution in [2.75, 3.05) is 0 Å². The summed E-state index contributed by atoms with van der Waals surface area (Å²) in [5.74, 6) is 0.813. The second kappa shape index (κ2) is 19.7. The van der Waals surface area contributed by atoms with Gasteiger partial charge in [-0.25, -0.2) is 4.98 Å². The van der Waals surface area contributed by atoms with E-state index >= 15 is 0 Å². The normalized spacial score (nSPS) is 14.5. The van der Waals surface area contributed by atoms with Crippen molar-refractivity contribution in [2.24, 2.45) is 4.99 Å². The molecule has 80 heavy (non-hydrogen) atoms. The van der Waals surface area contributed by atoms with Crippen LogP contribution in [0.15, 0.2) is 193 Å². The molecule has 0 saturated carbocycles. The number of hydrogen-bond donors (Lipinski definition) is 1. The molecule has 10 aromatic rings. The molecule has 5 heteroatoms. The van der Waals surface area contributed by atoms with Gasteiger partial charge in [-0.3, -0.25) is 14.1 Å². The van der Waals surface area contributed by atoms with Crippen LogP contribution in [-0.2, 0) is 27.1 Å². The smallest absolute Gasteiger partial charge is 0.165 e. The Bertz CT molecular complexity index is 4060. The van der Waals surface area contributed by atoms with Gasteiger partial charge in [0, 0.05) is 33.7 Å². The molecule has 0 bridgehead atoms. The van der Waals surface area contributed by atoms with Crippen LogP contribution in [0.25, 0.3) is 72.8 Å². The molecule has 11 rings (SSSR count). The lowest BCUT2D eigenvalue weighted by Gasteiger charge is -2.28. The predicted octanol–water partition coefficient (Wildman–Crippen LogP) is 19.8. The SMILES string of the molecule is CC(C)(C)c1cc(C2=CC(c3ccc(C(C)(C)C)cc3-c3ccccc3)C(c3ccccc3)=N2)cc(-n2c3ccccc3c3c2nc(-c2cc(C(C)(C)C)cc(C(C)(C)C)c2O)n3-c2ccc(C(C)(C)C)cc2-c2ccccc2)c1. The van der Waals surface area contributed by atoms with Crippen LogP contribution in [-0.4, -0.2) is 24.9 Å². The minimum atomic E-state index is -0.359. The first-order valence-electron chi connectivity index (χ1n) is 28.6. The molecular weight excluding hydrogens is 973 g/mol. The van der Waals surface area contributed by atoms with Gasteiger partial charge in [-0.1, -0.05) is 243 Å². The zero-order valence-corrected chi connectivity index (χ0v) is 49.7. The number of aliphatic imine (C=N–C) groups is 1. The van der Waals surface area contributed by atoms with E-state index in [0.717, 1.165) is 78.2 Å². The maximum atomic E-state index is 12.9. The maximum absolute atomic E-state index is 12.9. The van der Waals surface area contributed by atoms with E-state index in [0.29, 0.717) is 11.4 Å². The summed E-state index contributed by atoms with van der Waals surface area (Å²) in [6.07, 6.45) is 2.40. The molecule has 1 aliphatic heterocycles. The first kappa shape index (κ1) is 54.0. The van der Waals surface area contributed by atoms with Gasteiger partial charge >= 0.3 is 0 Å². The Labute approximate surface area is 475 Å². The Morgan fingerprint density at radius 1 is 0.425 bits per heavy atom. The van der Waals surface area contributed by atoms with Crippen molar-refractivity contribution in [3.8, 4) is 50.8 Å². The summed E-state index contributed by atoms with van der Waals surface area (Å²) in [5.41, 5.74) is 20.2. The second-order valence-electron chi connectivity index (χ2n) is 27.4. The minimum Gasteiger partial charge on any atom is -0.507 e. The van der Waals surface area contributed by atoms with Crippen LogP contribution < -0.4 is 0 Å². The molecule has 0 radical (unpaired) electrons. The monoisotopic (exact) mass is 1050 g/mol. The third-order valence-corrected chi connectivity index (χ3v) is 16.3. The Kier molecular flexibility index (Phi) is 13.3. The summed E-state index contributed by atoms with van der Waals surface area (Å²) in [6.45, 7) is 33.9. The van der Waals surface area contributed by atoms with Gasteiger partial charge in [-0.15, -0.1) is 0 Å². The number of para-hydroxylation sites is 1. The largest absolute Gasteiger partial charge is 0.507 e. The van der Waals surface area contributed by atoms with E-state index in [9.17, 15) is 5.11 Å². The third-order valence-electron chi connectivity index (χ3n) is 16.3. The molecule has 0 spiro atoms. The van der Waals surface area contributed by atoms with Gasteiger partial charge in [0.15, 0.2) is 11.5 Å². The average molecular weight is 1050 g/mol. The summed E-state index contributed by atoms with van der Waals surface area (Å²) in [5, 5.41) is 13.9. The topological polar surface area (TPSA) is 55.3 Å². The molecule has 5 nitrogen and oxygen atoms in total. The molecule has 3 heterocycles. The lowest BCUT2D eigenvalue weighted by Crippen LogP contribution is -2.17. The van der Waals surface area contributed by atoms with E-state index < -0.39 is 0 Å². The summed E-state index contributed by atoms with van der Waals surface area (Å²) in [6, 6.07) is 66.4. The van der Waals surface area contributed by atoms with Crippen LogP contribution in [0, 0.1) is 0 Å². The van der Waals surface area contributed by atoms with Crippen molar-refractivity contribution in [1.29, 1.82) is 0 Å². The van der Waals surface area contributed by atoms with Crippen LogP contribution in [0.4, 0.5) is 0 Å². The van der Waals surface area contributed by atoms with Crippen molar-refractivity contribution < 1.29 is 5.11 Å². The highest BCUT2D eigenvalue weighted by Gasteiger charge is 2.33. The van der Waals surface area contributed by atoms with Gasteiger partial charge < -0.3 is 5.11 Å². The standard InChI is InChI=1S/C75H78N4O/c1-71(2,3)51-35-37-56(58(42-51)47-27-19-16-20-28-47)60-46-63(76-66(60)49-31-23-18-24-32-49)50-39-53(73(7,8)9)41-55(40-50)78-64-34-26-25-33-57(64)67-70(78)77-69(61-44-54(74(10,11)12)45-62(68(61)80)75(13,14)15)79(67)65-38-36-52(72(4,5)6)43-59(65)48-29-21-17-22-30-48/h16-46,60,80H,1-15H3. The Morgan fingerprint density at radius 2 is 0.938 bits per heavy atom. The Hall–Kier alpha value is -8.02. The van der Waals surface area contributed by atoms with Crippen LogP contribution in [0.1, 0.15) is 154 Å². The summed E-state index contributed by atoms with van der Waals surface area (Å²) in [4.78, 5) is 11.6. The molecule has 1 unspecified atom stereocenters. The van der Waals surface area contributed by atoms with Gasteiger partial charge in [0.05, 0.1) is 28.2 Å².